The van der Waals surface area contributed by atoms with Crippen LogP contribution in [0.25, 0.3) is 6.08 Å². The third kappa shape index (κ3) is 5.10. The second-order valence-electron chi connectivity index (χ2n) is 5.87. The molecular weight excluding hydrogens is 434 g/mol. The topological polar surface area (TPSA) is 145 Å². The highest BCUT2D eigenvalue weighted by atomic mass is 32.2. The van der Waals surface area contributed by atoms with Gasteiger partial charge in [-0.05, 0) is 47.7 Å². The standard InChI is InChI=1S/C18H13N3O7S2/c1-11(22)19-18-20-17(23)16(29-18)10-12-2-6-14(7-3-12)28-30(26,27)15-8-4-13(5-9-15)21(24)25/h2-10H,1H3,(H,19,20,22,23)/b16-10-. The van der Waals surface area contributed by atoms with Gasteiger partial charge in [-0.15, -0.1) is 0 Å². The summed E-state index contributed by atoms with van der Waals surface area (Å²) in [5.74, 6) is -0.813. The molecule has 0 saturated carbocycles. The highest BCUT2D eigenvalue weighted by Crippen LogP contribution is 2.28. The van der Waals surface area contributed by atoms with Gasteiger partial charge >= 0.3 is 10.1 Å². The Labute approximate surface area is 174 Å². The number of hydrogen-bond acceptors (Lipinski definition) is 8. The molecular formula is C18H13N3O7S2. The van der Waals surface area contributed by atoms with Crippen molar-refractivity contribution in [1.82, 2.24) is 5.32 Å². The number of hydrogen-bond donors (Lipinski definition) is 1. The van der Waals surface area contributed by atoms with Gasteiger partial charge in [-0.25, -0.2) is 0 Å². The van der Waals surface area contributed by atoms with Gasteiger partial charge in [-0.3, -0.25) is 19.7 Å². The van der Waals surface area contributed by atoms with Gasteiger partial charge in [0, 0.05) is 19.1 Å². The number of nitrogens with zero attached hydrogens (tertiary/aromatic N) is 2. The highest BCUT2D eigenvalue weighted by Gasteiger charge is 2.22. The van der Waals surface area contributed by atoms with Crippen LogP contribution in [-0.2, 0) is 19.7 Å². The van der Waals surface area contributed by atoms with Crippen LogP contribution in [0.1, 0.15) is 12.5 Å². The Balaban J connectivity index is 1.71. The van der Waals surface area contributed by atoms with E-state index in [9.17, 15) is 28.1 Å². The second-order valence-corrected chi connectivity index (χ2v) is 8.45. The zero-order valence-corrected chi connectivity index (χ0v) is 16.9. The Morgan fingerprint density at radius 2 is 1.80 bits per heavy atom. The molecule has 0 fully saturated rings. The molecule has 30 heavy (non-hydrogen) atoms. The van der Waals surface area contributed by atoms with E-state index in [1.54, 1.807) is 6.08 Å². The summed E-state index contributed by atoms with van der Waals surface area (Å²) in [6.07, 6.45) is 1.54. The average molecular weight is 447 g/mol. The largest absolute Gasteiger partial charge is 0.379 e. The number of nitro benzene ring substituents is 1. The molecule has 0 bridgehead atoms. The molecule has 0 atom stereocenters. The number of thioether (sulfide) groups is 1. The summed E-state index contributed by atoms with van der Waals surface area (Å²) in [6, 6.07) is 10.2. The summed E-state index contributed by atoms with van der Waals surface area (Å²) in [5.41, 5.74) is 0.349. The van der Waals surface area contributed by atoms with Crippen LogP contribution in [0.3, 0.4) is 0 Å². The van der Waals surface area contributed by atoms with Crippen molar-refractivity contribution in [2.75, 3.05) is 0 Å². The minimum absolute atomic E-state index is 0.0242. The Kier molecular flexibility index (Phi) is 5.99. The van der Waals surface area contributed by atoms with Gasteiger partial charge in [-0.2, -0.15) is 13.4 Å². The monoisotopic (exact) mass is 447 g/mol. The Morgan fingerprint density at radius 3 is 2.37 bits per heavy atom. The summed E-state index contributed by atoms with van der Waals surface area (Å²) in [7, 11) is -4.17. The number of amidine groups is 1. The highest BCUT2D eigenvalue weighted by molar-refractivity contribution is 8.18. The van der Waals surface area contributed by atoms with Gasteiger partial charge in [0.05, 0.1) is 9.83 Å². The summed E-state index contributed by atoms with van der Waals surface area (Å²) < 4.78 is 29.7. The quantitative estimate of drug-likeness (QED) is 0.318. The average Bonchev–Trinajstić information content (AvgIpc) is 3.01. The normalized spacial score (nSPS) is 15.0. The zero-order chi connectivity index (χ0) is 21.9. The maximum Gasteiger partial charge on any atom is 0.339 e. The lowest BCUT2D eigenvalue weighted by Crippen LogP contribution is -2.23. The Morgan fingerprint density at radius 1 is 1.17 bits per heavy atom. The first-order chi connectivity index (χ1) is 14.1. The molecule has 1 heterocycles. The molecule has 154 valence electrons. The van der Waals surface area contributed by atoms with E-state index in [1.165, 1.54) is 31.2 Å². The Bertz CT molecular complexity index is 1190. The molecule has 0 aromatic heterocycles. The van der Waals surface area contributed by atoms with Crippen LogP contribution in [0.5, 0.6) is 5.75 Å². The van der Waals surface area contributed by atoms with E-state index in [4.69, 9.17) is 4.18 Å². The van der Waals surface area contributed by atoms with Crippen molar-refractivity contribution >= 4 is 50.6 Å². The number of carbonyl (C=O) groups excluding carboxylic acids is 2. The smallest absolute Gasteiger partial charge is 0.339 e. The lowest BCUT2D eigenvalue weighted by Gasteiger charge is -2.07. The van der Waals surface area contributed by atoms with E-state index in [2.05, 4.69) is 10.3 Å². The molecule has 1 aliphatic heterocycles. The number of non-ortho nitro benzene ring substituents is 1. The summed E-state index contributed by atoms with van der Waals surface area (Å²) in [4.78, 5) is 36.7. The van der Waals surface area contributed by atoms with Crippen molar-refractivity contribution in [2.24, 2.45) is 4.99 Å². The number of carbonyl (C=O) groups is 2. The number of nitro groups is 1. The first kappa shape index (κ1) is 21.2. The van der Waals surface area contributed by atoms with Crippen molar-refractivity contribution in [1.29, 1.82) is 0 Å². The van der Waals surface area contributed by atoms with Gasteiger partial charge in [0.1, 0.15) is 10.6 Å². The SMILES string of the molecule is CC(=O)NC1=NC(=O)/C(=C/c2ccc(OS(=O)(=O)c3ccc([N+](=O)[O-])cc3)cc2)S1. The van der Waals surface area contributed by atoms with Crippen LogP contribution in [0.15, 0.2) is 63.3 Å². The number of benzene rings is 2. The van der Waals surface area contributed by atoms with Crippen LogP contribution in [0.4, 0.5) is 5.69 Å². The number of nitrogens with one attached hydrogen (secondary N) is 1. The van der Waals surface area contributed by atoms with Crippen molar-refractivity contribution < 1.29 is 27.1 Å². The molecule has 0 saturated heterocycles. The minimum atomic E-state index is -4.17. The molecule has 0 aliphatic carbocycles. The fourth-order valence-corrected chi connectivity index (χ4v) is 4.08. The Hall–Kier alpha value is -3.51. The predicted octanol–water partition coefficient (Wildman–Crippen LogP) is 2.47. The van der Waals surface area contributed by atoms with E-state index < -0.39 is 20.9 Å². The van der Waals surface area contributed by atoms with Crippen LogP contribution in [0, 0.1) is 10.1 Å². The fourth-order valence-electron chi connectivity index (χ4n) is 2.29. The molecule has 2 aromatic carbocycles. The molecule has 0 radical (unpaired) electrons. The minimum Gasteiger partial charge on any atom is -0.379 e. The maximum atomic E-state index is 12.3. The first-order valence-electron chi connectivity index (χ1n) is 8.23. The van der Waals surface area contributed by atoms with E-state index in [-0.39, 0.29) is 27.4 Å². The van der Waals surface area contributed by atoms with Gasteiger partial charge in [0.15, 0.2) is 5.17 Å². The fraction of sp³-hybridized carbons (Fsp3) is 0.0556. The first-order valence-corrected chi connectivity index (χ1v) is 10.5. The van der Waals surface area contributed by atoms with Crippen molar-refractivity contribution in [3.05, 3.63) is 69.1 Å². The molecule has 12 heteroatoms. The summed E-state index contributed by atoms with van der Waals surface area (Å²) in [6.45, 7) is 1.30. The lowest BCUT2D eigenvalue weighted by atomic mass is 10.2. The molecule has 3 rings (SSSR count). The van der Waals surface area contributed by atoms with Crippen LogP contribution in [-0.4, -0.2) is 30.3 Å². The molecule has 2 aromatic rings. The van der Waals surface area contributed by atoms with Crippen molar-refractivity contribution in [3.8, 4) is 5.75 Å². The molecule has 2 amide bonds. The van der Waals surface area contributed by atoms with E-state index in [1.807, 2.05) is 0 Å². The van der Waals surface area contributed by atoms with E-state index >= 15 is 0 Å². The summed E-state index contributed by atoms with van der Waals surface area (Å²) >= 11 is 1.01. The molecule has 0 unspecified atom stereocenters. The third-order valence-corrected chi connectivity index (χ3v) is 5.78. The number of amides is 2. The second kappa shape index (κ2) is 8.47. The van der Waals surface area contributed by atoms with Crippen LogP contribution < -0.4 is 9.50 Å². The van der Waals surface area contributed by atoms with Crippen molar-refractivity contribution in [3.63, 3.8) is 0 Å². The van der Waals surface area contributed by atoms with Gasteiger partial charge in [-0.1, -0.05) is 12.1 Å². The number of aliphatic imine (C=N–C) groups is 1. The van der Waals surface area contributed by atoms with Crippen LogP contribution in [0.2, 0.25) is 0 Å². The molecule has 1 N–H and O–H groups in total. The molecule has 1 aliphatic rings. The zero-order valence-electron chi connectivity index (χ0n) is 15.3. The number of rotatable bonds is 5. The third-order valence-electron chi connectivity index (χ3n) is 3.62. The van der Waals surface area contributed by atoms with Gasteiger partial charge in [0.2, 0.25) is 5.91 Å². The lowest BCUT2D eigenvalue weighted by molar-refractivity contribution is -0.384. The molecule has 0 spiro atoms. The predicted molar refractivity (Wildman–Crippen MR) is 109 cm³/mol. The van der Waals surface area contributed by atoms with Crippen LogP contribution >= 0.6 is 11.8 Å². The van der Waals surface area contributed by atoms with E-state index in [0.717, 1.165) is 36.0 Å². The summed E-state index contributed by atoms with van der Waals surface area (Å²) in [5, 5.41) is 13.3. The van der Waals surface area contributed by atoms with Crippen molar-refractivity contribution in [2.45, 2.75) is 11.8 Å². The molecule has 10 nitrogen and oxygen atoms in total. The van der Waals surface area contributed by atoms with E-state index in [0.29, 0.717) is 10.5 Å². The van der Waals surface area contributed by atoms with Gasteiger partial charge < -0.3 is 9.50 Å². The van der Waals surface area contributed by atoms with Gasteiger partial charge in [0.25, 0.3) is 11.6 Å². The maximum absolute atomic E-state index is 12.3.